The molecule has 2 aliphatic rings. The van der Waals surface area contributed by atoms with Crippen LogP contribution in [0.25, 0.3) is 0 Å². The Labute approximate surface area is 285 Å². The second kappa shape index (κ2) is 13.5. The van der Waals surface area contributed by atoms with Gasteiger partial charge in [0.25, 0.3) is 0 Å². The normalized spacial score (nSPS) is 19.4. The van der Waals surface area contributed by atoms with Crippen LogP contribution in [0, 0.1) is 6.92 Å². The molecule has 0 radical (unpaired) electrons. The van der Waals surface area contributed by atoms with Crippen LogP contribution >= 0.6 is 11.6 Å². The maximum Gasteiger partial charge on any atom is 0.209 e. The summed E-state index contributed by atoms with van der Waals surface area (Å²) in [5, 5.41) is 0.657. The van der Waals surface area contributed by atoms with E-state index in [-0.39, 0.29) is 10.8 Å². The molecule has 2 heterocycles. The fourth-order valence-electron chi connectivity index (χ4n) is 6.81. The van der Waals surface area contributed by atoms with Crippen molar-refractivity contribution < 1.29 is 22.3 Å². The molecule has 2 aromatic rings. The first-order chi connectivity index (χ1) is 21.2. The van der Waals surface area contributed by atoms with E-state index in [0.717, 1.165) is 64.9 Å². The summed E-state index contributed by atoms with van der Waals surface area (Å²) in [5.41, 5.74) is 7.96. The number of quaternary nitrogens is 2. The number of fused-ring (bicyclic) bond motifs is 2. The summed E-state index contributed by atoms with van der Waals surface area (Å²) < 4.78 is 26.0. The highest BCUT2D eigenvalue weighted by atomic mass is 35.5. The average molecular weight is 668 g/mol. The van der Waals surface area contributed by atoms with Crippen LogP contribution in [0.4, 0.5) is 11.4 Å². The Morgan fingerprint density at radius 2 is 1.59 bits per heavy atom. The van der Waals surface area contributed by atoms with E-state index in [0.29, 0.717) is 9.93 Å². The van der Waals surface area contributed by atoms with Crippen LogP contribution in [-0.4, -0.2) is 96.5 Å². The molecule has 1 N–H and O–H groups in total. The van der Waals surface area contributed by atoms with Crippen LogP contribution in [-0.2, 0) is 21.9 Å². The van der Waals surface area contributed by atoms with Crippen molar-refractivity contribution >= 4 is 39.8 Å². The topological polar surface area (TPSA) is 43.6 Å². The Kier molecular flexibility index (Phi) is 10.7. The van der Waals surface area contributed by atoms with Gasteiger partial charge in [0.15, 0.2) is 23.3 Å². The minimum atomic E-state index is -2.03. The molecule has 0 spiro atoms. The van der Waals surface area contributed by atoms with Crippen LogP contribution in [0.3, 0.4) is 0 Å². The Morgan fingerprint density at radius 1 is 0.935 bits per heavy atom. The molecule has 2 aromatic carbocycles. The lowest BCUT2D eigenvalue weighted by atomic mass is 9.81. The Balaban J connectivity index is 1.69. The predicted octanol–water partition coefficient (Wildman–Crippen LogP) is 7.51. The Morgan fingerprint density at radius 3 is 2.22 bits per heavy atom. The van der Waals surface area contributed by atoms with Gasteiger partial charge in [-0.2, -0.15) is 4.58 Å². The number of anilines is 1. The number of rotatable bonds is 12. The van der Waals surface area contributed by atoms with E-state index in [2.05, 4.69) is 117 Å². The standard InChI is InChI=1S/C38H55ClN4O2S/c1-28-14-18-33-31(26-28)37(2,3)35(40(33)22-12-24-42(6,7)8)20-15-29(39)16-21-36-38(4,5)32-27-30(46(44)45)17-19-34(32)41(36)23-13-25-43(9,10)11/h14-21,26-27H,12-13,22-25H2,1-11H3/q+2/p+1. The third-order valence-electron chi connectivity index (χ3n) is 9.33. The second-order valence-electron chi connectivity index (χ2n) is 16.1. The summed E-state index contributed by atoms with van der Waals surface area (Å²) in [6.45, 7) is 15.1. The molecule has 0 fully saturated rings. The van der Waals surface area contributed by atoms with E-state index in [9.17, 15) is 8.76 Å². The van der Waals surface area contributed by atoms with Gasteiger partial charge in [-0.15, -0.1) is 0 Å². The van der Waals surface area contributed by atoms with Gasteiger partial charge in [0.2, 0.25) is 5.69 Å². The van der Waals surface area contributed by atoms with Gasteiger partial charge in [-0.05, 0) is 62.8 Å². The van der Waals surface area contributed by atoms with E-state index in [1.54, 1.807) is 6.07 Å². The van der Waals surface area contributed by atoms with Gasteiger partial charge in [-0.1, -0.05) is 43.1 Å². The monoisotopic (exact) mass is 667 g/mol. The van der Waals surface area contributed by atoms with Crippen molar-refractivity contribution in [3.05, 3.63) is 88.1 Å². The molecule has 0 aromatic heterocycles. The number of halogens is 1. The number of nitrogens with zero attached hydrogens (tertiary/aromatic N) is 4. The molecule has 6 nitrogen and oxygen atoms in total. The lowest BCUT2D eigenvalue weighted by molar-refractivity contribution is -0.871. The third-order valence-corrected chi connectivity index (χ3v) is 10.2. The van der Waals surface area contributed by atoms with Crippen molar-refractivity contribution in [3.63, 3.8) is 0 Å². The van der Waals surface area contributed by atoms with Gasteiger partial charge in [0.05, 0.1) is 72.1 Å². The molecule has 0 saturated heterocycles. The minimum absolute atomic E-state index is 0.147. The maximum atomic E-state index is 12.0. The third kappa shape index (κ3) is 8.11. The van der Waals surface area contributed by atoms with E-state index in [1.807, 2.05) is 24.3 Å². The van der Waals surface area contributed by atoms with Gasteiger partial charge in [-0.3, -0.25) is 0 Å². The molecule has 0 aliphatic carbocycles. The van der Waals surface area contributed by atoms with Crippen LogP contribution in [0.1, 0.15) is 57.2 Å². The van der Waals surface area contributed by atoms with Crippen molar-refractivity contribution in [1.82, 2.24) is 0 Å². The minimum Gasteiger partial charge on any atom is -0.344 e. The molecule has 46 heavy (non-hydrogen) atoms. The molecule has 1 unspecified atom stereocenters. The average Bonchev–Trinajstić information content (AvgIpc) is 3.27. The first kappa shape index (κ1) is 36.3. The molecular formula is C38H56ClN4O2S+3. The molecule has 250 valence electrons. The molecule has 8 heteroatoms. The molecule has 1 atom stereocenters. The Bertz CT molecular complexity index is 1620. The Hall–Kier alpha value is -2.55. The van der Waals surface area contributed by atoms with Crippen molar-refractivity contribution in [2.24, 2.45) is 0 Å². The quantitative estimate of drug-likeness (QED) is 0.110. The zero-order chi connectivity index (χ0) is 34.2. The van der Waals surface area contributed by atoms with Crippen LogP contribution in [0.2, 0.25) is 0 Å². The molecule has 0 amide bonds. The summed E-state index contributed by atoms with van der Waals surface area (Å²) >= 11 is 4.93. The lowest BCUT2D eigenvalue weighted by Gasteiger charge is -2.29. The summed E-state index contributed by atoms with van der Waals surface area (Å²) in [6, 6.07) is 12.4. The first-order valence-corrected chi connectivity index (χ1v) is 17.9. The largest absolute Gasteiger partial charge is 0.344 e. The zero-order valence-corrected chi connectivity index (χ0v) is 31.5. The summed E-state index contributed by atoms with van der Waals surface area (Å²) in [7, 11) is 13.4. The predicted molar refractivity (Wildman–Crippen MR) is 196 cm³/mol. The van der Waals surface area contributed by atoms with Crippen molar-refractivity contribution in [3.8, 4) is 0 Å². The van der Waals surface area contributed by atoms with Gasteiger partial charge in [0, 0.05) is 52.5 Å². The maximum absolute atomic E-state index is 12.0. The molecular weight excluding hydrogens is 612 g/mol. The van der Waals surface area contributed by atoms with Crippen LogP contribution in [0.15, 0.2) is 76.3 Å². The fraction of sp³-hybridized carbons (Fsp3) is 0.500. The number of hydrogen-bond acceptors (Lipinski definition) is 2. The summed E-state index contributed by atoms with van der Waals surface area (Å²) in [4.78, 5) is 2.91. The SMILES string of the molecule is Cc1ccc2c(c1)C(C)(C)\C(=C/C=C(Cl)/C=C/C1=[N+](CCC[N+](C)(C)C)c3ccc(S(=O)O)cc3C1(C)C)N2CCC[N+](C)(C)C. The smallest absolute Gasteiger partial charge is 0.209 e. The molecule has 4 rings (SSSR count). The van der Waals surface area contributed by atoms with Crippen molar-refractivity contribution in [2.45, 2.75) is 63.2 Å². The number of benzene rings is 2. The van der Waals surface area contributed by atoms with E-state index in [4.69, 9.17) is 11.6 Å². The highest BCUT2D eigenvalue weighted by molar-refractivity contribution is 7.79. The lowest BCUT2D eigenvalue weighted by Crippen LogP contribution is -2.37. The van der Waals surface area contributed by atoms with Crippen LogP contribution in [0.5, 0.6) is 0 Å². The van der Waals surface area contributed by atoms with Crippen molar-refractivity contribution in [2.75, 3.05) is 73.4 Å². The second-order valence-corrected chi connectivity index (χ2v) is 17.5. The van der Waals surface area contributed by atoms with Gasteiger partial charge < -0.3 is 18.4 Å². The van der Waals surface area contributed by atoms with E-state index < -0.39 is 11.1 Å². The zero-order valence-electron chi connectivity index (χ0n) is 29.9. The number of hydrogen-bond donors (Lipinski definition) is 1. The van der Waals surface area contributed by atoms with E-state index >= 15 is 0 Å². The highest BCUT2D eigenvalue weighted by Gasteiger charge is 2.45. The summed E-state index contributed by atoms with van der Waals surface area (Å²) in [6.07, 6.45) is 10.5. The number of allylic oxidation sites excluding steroid dienone is 6. The van der Waals surface area contributed by atoms with E-state index in [1.165, 1.54) is 22.5 Å². The first-order valence-electron chi connectivity index (χ1n) is 16.4. The van der Waals surface area contributed by atoms with Gasteiger partial charge in [0.1, 0.15) is 0 Å². The van der Waals surface area contributed by atoms with Crippen LogP contribution < -0.4 is 4.90 Å². The van der Waals surface area contributed by atoms with Gasteiger partial charge >= 0.3 is 0 Å². The highest BCUT2D eigenvalue weighted by Crippen LogP contribution is 2.48. The number of aryl methyl sites for hydroxylation is 1. The molecule has 0 bridgehead atoms. The molecule has 0 saturated carbocycles. The molecule has 2 aliphatic heterocycles. The summed E-state index contributed by atoms with van der Waals surface area (Å²) in [5.74, 6) is 0. The van der Waals surface area contributed by atoms with Crippen molar-refractivity contribution in [1.29, 1.82) is 0 Å². The fourth-order valence-corrected chi connectivity index (χ4v) is 7.34. The van der Waals surface area contributed by atoms with Gasteiger partial charge in [-0.25, -0.2) is 4.21 Å².